The van der Waals surface area contributed by atoms with Crippen molar-refractivity contribution < 1.29 is 14.6 Å². The summed E-state index contributed by atoms with van der Waals surface area (Å²) in [6, 6.07) is 9.52. The predicted molar refractivity (Wildman–Crippen MR) is 78.8 cm³/mol. The largest absolute Gasteiger partial charge is 0.492 e. The first kappa shape index (κ1) is 16.5. The van der Waals surface area contributed by atoms with Crippen molar-refractivity contribution in [3.8, 4) is 5.75 Å². The number of nitrogens with one attached hydrogen (secondary N) is 1. The highest BCUT2D eigenvalue weighted by Gasteiger charge is 2.07. The molecule has 0 spiro atoms. The van der Waals surface area contributed by atoms with Gasteiger partial charge in [-0.25, -0.2) is 0 Å². The number of nitrogens with zero attached hydrogens (tertiary/aromatic N) is 1. The molecule has 5 heteroatoms. The molecule has 0 aliphatic heterocycles. The third-order valence-corrected chi connectivity index (χ3v) is 2.88. The lowest BCUT2D eigenvalue weighted by Crippen LogP contribution is -2.39. The summed E-state index contributed by atoms with van der Waals surface area (Å²) < 4.78 is 5.49. The van der Waals surface area contributed by atoms with Crippen molar-refractivity contribution in [3.05, 3.63) is 30.3 Å². The van der Waals surface area contributed by atoms with Gasteiger partial charge in [0.1, 0.15) is 12.4 Å². The van der Waals surface area contributed by atoms with Gasteiger partial charge in [0.05, 0.1) is 13.1 Å². The van der Waals surface area contributed by atoms with E-state index in [0.717, 1.165) is 18.8 Å². The van der Waals surface area contributed by atoms with Crippen molar-refractivity contribution in [2.24, 2.45) is 0 Å². The summed E-state index contributed by atoms with van der Waals surface area (Å²) in [5.74, 6) is 0.793. The summed E-state index contributed by atoms with van der Waals surface area (Å²) >= 11 is 0. The van der Waals surface area contributed by atoms with Gasteiger partial charge in [-0.15, -0.1) is 0 Å². The van der Waals surface area contributed by atoms with Gasteiger partial charge >= 0.3 is 0 Å². The first-order chi connectivity index (χ1) is 9.76. The molecule has 0 aliphatic carbocycles. The number of aliphatic hydroxyl groups excluding tert-OH is 1. The van der Waals surface area contributed by atoms with Crippen LogP contribution in [0.15, 0.2) is 30.3 Å². The normalized spacial score (nSPS) is 10.6. The SMILES string of the molecule is CCN(CCCO)CC(=O)NCCOc1ccccc1. The van der Waals surface area contributed by atoms with Gasteiger partial charge in [-0.05, 0) is 25.1 Å². The molecule has 112 valence electrons. The highest BCUT2D eigenvalue weighted by atomic mass is 16.5. The number of ether oxygens (including phenoxy) is 1. The predicted octanol–water partition coefficient (Wildman–Crippen LogP) is 0.886. The summed E-state index contributed by atoms with van der Waals surface area (Å²) in [4.78, 5) is 13.7. The molecule has 0 radical (unpaired) electrons. The van der Waals surface area contributed by atoms with Crippen LogP contribution in [0, 0.1) is 0 Å². The second kappa shape index (κ2) is 10.2. The number of likely N-dealkylation sites (N-methyl/N-ethyl adjacent to an activating group) is 1. The maximum absolute atomic E-state index is 11.7. The first-order valence-electron chi connectivity index (χ1n) is 7.04. The Labute approximate surface area is 120 Å². The van der Waals surface area contributed by atoms with Gasteiger partial charge in [-0.3, -0.25) is 9.69 Å². The van der Waals surface area contributed by atoms with Gasteiger partial charge in [0.2, 0.25) is 5.91 Å². The molecular weight excluding hydrogens is 256 g/mol. The second-order valence-electron chi connectivity index (χ2n) is 4.46. The zero-order valence-electron chi connectivity index (χ0n) is 12.0. The van der Waals surface area contributed by atoms with Crippen LogP contribution in [-0.4, -0.2) is 55.3 Å². The van der Waals surface area contributed by atoms with Crippen LogP contribution in [-0.2, 0) is 4.79 Å². The van der Waals surface area contributed by atoms with Crippen LogP contribution in [0.25, 0.3) is 0 Å². The molecule has 0 fully saturated rings. The monoisotopic (exact) mass is 280 g/mol. The van der Waals surface area contributed by atoms with E-state index < -0.39 is 0 Å². The molecule has 5 nitrogen and oxygen atoms in total. The summed E-state index contributed by atoms with van der Waals surface area (Å²) in [5.41, 5.74) is 0. The number of aliphatic hydroxyl groups is 1. The van der Waals surface area contributed by atoms with Gasteiger partial charge < -0.3 is 15.2 Å². The Bertz CT molecular complexity index is 371. The molecule has 0 bridgehead atoms. The van der Waals surface area contributed by atoms with Crippen LogP contribution in [0.1, 0.15) is 13.3 Å². The fourth-order valence-electron chi connectivity index (χ4n) is 1.78. The van der Waals surface area contributed by atoms with E-state index in [1.807, 2.05) is 42.2 Å². The Morgan fingerprint density at radius 3 is 2.75 bits per heavy atom. The fourth-order valence-corrected chi connectivity index (χ4v) is 1.78. The molecule has 0 unspecified atom stereocenters. The maximum Gasteiger partial charge on any atom is 0.234 e. The van der Waals surface area contributed by atoms with E-state index in [2.05, 4.69) is 5.32 Å². The number of amides is 1. The van der Waals surface area contributed by atoms with Crippen LogP contribution in [0.5, 0.6) is 5.75 Å². The lowest BCUT2D eigenvalue weighted by Gasteiger charge is -2.19. The molecular formula is C15H24N2O3. The van der Waals surface area contributed by atoms with Crippen LogP contribution in [0.2, 0.25) is 0 Å². The topological polar surface area (TPSA) is 61.8 Å². The Kier molecular flexibility index (Phi) is 8.42. The zero-order valence-corrected chi connectivity index (χ0v) is 12.0. The maximum atomic E-state index is 11.7. The molecule has 1 aromatic carbocycles. The number of carbonyl (C=O) groups excluding carboxylic acids is 1. The fraction of sp³-hybridized carbons (Fsp3) is 0.533. The second-order valence-corrected chi connectivity index (χ2v) is 4.46. The number of hydrogen-bond donors (Lipinski definition) is 2. The van der Waals surface area contributed by atoms with Crippen LogP contribution >= 0.6 is 0 Å². The quantitative estimate of drug-likeness (QED) is 0.625. The van der Waals surface area contributed by atoms with E-state index >= 15 is 0 Å². The van der Waals surface area contributed by atoms with Gasteiger partial charge in [0.25, 0.3) is 0 Å². The molecule has 1 amide bonds. The van der Waals surface area contributed by atoms with Gasteiger partial charge in [0, 0.05) is 13.2 Å². The van der Waals surface area contributed by atoms with Crippen LogP contribution in [0.4, 0.5) is 0 Å². The molecule has 20 heavy (non-hydrogen) atoms. The van der Waals surface area contributed by atoms with E-state index in [4.69, 9.17) is 9.84 Å². The third kappa shape index (κ3) is 7.11. The van der Waals surface area contributed by atoms with Crippen LogP contribution < -0.4 is 10.1 Å². The standard InChI is InChI=1S/C15H24N2O3/c1-2-17(10-6-11-18)13-15(19)16-9-12-20-14-7-4-3-5-8-14/h3-5,7-8,18H,2,6,9-13H2,1H3,(H,16,19). The number of carbonyl (C=O) groups is 1. The number of benzene rings is 1. The summed E-state index contributed by atoms with van der Waals surface area (Å²) in [6.07, 6.45) is 0.693. The summed E-state index contributed by atoms with van der Waals surface area (Å²) in [6.45, 7) is 5.01. The van der Waals surface area contributed by atoms with E-state index in [-0.39, 0.29) is 12.5 Å². The van der Waals surface area contributed by atoms with Crippen molar-refractivity contribution in [1.29, 1.82) is 0 Å². The number of para-hydroxylation sites is 1. The highest BCUT2D eigenvalue weighted by Crippen LogP contribution is 2.07. The summed E-state index contributed by atoms with van der Waals surface area (Å²) in [5, 5.41) is 11.6. The first-order valence-corrected chi connectivity index (χ1v) is 7.04. The number of hydrogen-bond acceptors (Lipinski definition) is 4. The van der Waals surface area contributed by atoms with E-state index in [1.165, 1.54) is 0 Å². The van der Waals surface area contributed by atoms with E-state index in [1.54, 1.807) is 0 Å². The van der Waals surface area contributed by atoms with Crippen molar-refractivity contribution in [1.82, 2.24) is 10.2 Å². The molecule has 0 heterocycles. The summed E-state index contributed by atoms with van der Waals surface area (Å²) in [7, 11) is 0. The molecule has 1 rings (SSSR count). The smallest absolute Gasteiger partial charge is 0.234 e. The molecule has 0 saturated carbocycles. The molecule has 0 aliphatic rings. The lowest BCUT2D eigenvalue weighted by molar-refractivity contribution is -0.122. The van der Waals surface area contributed by atoms with Gasteiger partial charge in [-0.1, -0.05) is 25.1 Å². The van der Waals surface area contributed by atoms with Crippen molar-refractivity contribution in [2.75, 3.05) is 39.4 Å². The minimum atomic E-state index is -0.0125. The zero-order chi connectivity index (χ0) is 14.6. The third-order valence-electron chi connectivity index (χ3n) is 2.88. The molecule has 0 aromatic heterocycles. The average Bonchev–Trinajstić information content (AvgIpc) is 2.49. The number of rotatable bonds is 10. The Balaban J connectivity index is 2.13. The molecule has 2 N–H and O–H groups in total. The molecule has 1 aromatic rings. The molecule has 0 atom stereocenters. The minimum absolute atomic E-state index is 0.0125. The lowest BCUT2D eigenvalue weighted by atomic mass is 10.3. The van der Waals surface area contributed by atoms with Crippen molar-refractivity contribution in [2.45, 2.75) is 13.3 Å². The van der Waals surface area contributed by atoms with Crippen molar-refractivity contribution >= 4 is 5.91 Å². The highest BCUT2D eigenvalue weighted by molar-refractivity contribution is 5.77. The minimum Gasteiger partial charge on any atom is -0.492 e. The van der Waals surface area contributed by atoms with E-state index in [9.17, 15) is 4.79 Å². The van der Waals surface area contributed by atoms with E-state index in [0.29, 0.717) is 26.1 Å². The van der Waals surface area contributed by atoms with Gasteiger partial charge in [0.15, 0.2) is 0 Å². The Hall–Kier alpha value is -1.59. The van der Waals surface area contributed by atoms with Crippen molar-refractivity contribution in [3.63, 3.8) is 0 Å². The Morgan fingerprint density at radius 2 is 2.10 bits per heavy atom. The van der Waals surface area contributed by atoms with Crippen LogP contribution in [0.3, 0.4) is 0 Å². The average molecular weight is 280 g/mol. The Morgan fingerprint density at radius 1 is 1.35 bits per heavy atom. The van der Waals surface area contributed by atoms with Gasteiger partial charge in [-0.2, -0.15) is 0 Å². The molecule has 0 saturated heterocycles.